The molecule has 2 aromatic rings. The third-order valence-electron chi connectivity index (χ3n) is 2.79. The zero-order chi connectivity index (χ0) is 13.8. The predicted molar refractivity (Wildman–Crippen MR) is 85.1 cm³/mol. The van der Waals surface area contributed by atoms with Crippen LogP contribution in [-0.4, -0.2) is 7.05 Å². The monoisotopic (exact) mass is 378 g/mol. The molecule has 0 saturated carbocycles. The molecule has 0 unspecified atom stereocenters. The second kappa shape index (κ2) is 6.23. The van der Waals surface area contributed by atoms with E-state index in [4.69, 9.17) is 5.26 Å². The van der Waals surface area contributed by atoms with Gasteiger partial charge in [-0.1, -0.05) is 44.0 Å². The van der Waals surface area contributed by atoms with Crippen LogP contribution >= 0.6 is 31.9 Å². The van der Waals surface area contributed by atoms with Gasteiger partial charge in [-0.3, -0.25) is 0 Å². The van der Waals surface area contributed by atoms with Gasteiger partial charge in [0.05, 0.1) is 11.6 Å². The quantitative estimate of drug-likeness (QED) is 0.771. The zero-order valence-electron chi connectivity index (χ0n) is 10.4. The van der Waals surface area contributed by atoms with Gasteiger partial charge in [0.1, 0.15) is 0 Å². The van der Waals surface area contributed by atoms with Crippen molar-refractivity contribution in [3.63, 3.8) is 0 Å². The van der Waals surface area contributed by atoms with Gasteiger partial charge in [0.2, 0.25) is 0 Å². The molecule has 0 spiro atoms. The van der Waals surface area contributed by atoms with Crippen LogP contribution in [0.2, 0.25) is 0 Å². The molecule has 2 aromatic carbocycles. The summed E-state index contributed by atoms with van der Waals surface area (Å²) in [5.41, 5.74) is 2.91. The molecule has 19 heavy (non-hydrogen) atoms. The molecule has 0 saturated heterocycles. The second-order valence-electron chi connectivity index (χ2n) is 4.29. The number of nitriles is 1. The molecule has 0 aromatic heterocycles. The van der Waals surface area contributed by atoms with Crippen molar-refractivity contribution in [3.8, 4) is 6.07 Å². The lowest BCUT2D eigenvalue weighted by Gasteiger charge is -2.20. The largest absolute Gasteiger partial charge is 0.370 e. The third kappa shape index (κ3) is 3.82. The molecule has 0 aliphatic heterocycles. The fraction of sp³-hybridized carbons (Fsp3) is 0.133. The number of hydrogen-bond donors (Lipinski definition) is 0. The van der Waals surface area contributed by atoms with E-state index in [0.717, 1.165) is 21.2 Å². The normalized spacial score (nSPS) is 10.0. The van der Waals surface area contributed by atoms with E-state index in [-0.39, 0.29) is 0 Å². The Labute approximate surface area is 129 Å². The first-order valence-corrected chi connectivity index (χ1v) is 7.33. The molecule has 96 valence electrons. The average molecular weight is 380 g/mol. The molecular weight excluding hydrogens is 368 g/mol. The average Bonchev–Trinajstić information content (AvgIpc) is 2.40. The Morgan fingerprint density at radius 3 is 2.37 bits per heavy atom. The van der Waals surface area contributed by atoms with E-state index in [9.17, 15) is 0 Å². The van der Waals surface area contributed by atoms with Crippen LogP contribution in [-0.2, 0) is 6.54 Å². The Kier molecular flexibility index (Phi) is 4.62. The summed E-state index contributed by atoms with van der Waals surface area (Å²) in [4.78, 5) is 2.12. The smallest absolute Gasteiger partial charge is 0.0992 e. The summed E-state index contributed by atoms with van der Waals surface area (Å²) in [5, 5.41) is 8.99. The molecule has 0 atom stereocenters. The molecule has 0 aliphatic carbocycles. The van der Waals surface area contributed by atoms with E-state index in [2.05, 4.69) is 55.0 Å². The van der Waals surface area contributed by atoms with Crippen molar-refractivity contribution in [2.24, 2.45) is 0 Å². The highest BCUT2D eigenvalue weighted by molar-refractivity contribution is 9.10. The lowest BCUT2D eigenvalue weighted by Crippen LogP contribution is -2.16. The van der Waals surface area contributed by atoms with Gasteiger partial charge >= 0.3 is 0 Å². The maximum absolute atomic E-state index is 8.99. The van der Waals surface area contributed by atoms with E-state index >= 15 is 0 Å². The fourth-order valence-corrected chi connectivity index (χ4v) is 2.56. The summed E-state index contributed by atoms with van der Waals surface area (Å²) in [7, 11) is 2.02. The first-order valence-electron chi connectivity index (χ1n) is 5.75. The molecule has 4 heteroatoms. The standard InChI is InChI=1S/C15H12Br2N2/c1-19(10-11-2-4-13(16)5-3-11)15-7-12(9-18)6-14(17)8-15/h2-8H,10H2,1H3. The molecule has 0 radical (unpaired) electrons. The minimum absolute atomic E-state index is 0.659. The Bertz CT molecular complexity index is 615. The van der Waals surface area contributed by atoms with Crippen molar-refractivity contribution in [1.82, 2.24) is 0 Å². The molecule has 2 rings (SSSR count). The van der Waals surface area contributed by atoms with Gasteiger partial charge in [0, 0.05) is 28.2 Å². The lowest BCUT2D eigenvalue weighted by atomic mass is 10.1. The third-order valence-corrected chi connectivity index (χ3v) is 3.77. The second-order valence-corrected chi connectivity index (χ2v) is 6.12. The summed E-state index contributed by atoms with van der Waals surface area (Å²) < 4.78 is 2.00. The fourth-order valence-electron chi connectivity index (χ4n) is 1.81. The molecule has 0 N–H and O–H groups in total. The SMILES string of the molecule is CN(Cc1ccc(Br)cc1)c1cc(Br)cc(C#N)c1. The number of anilines is 1. The van der Waals surface area contributed by atoms with E-state index in [0.29, 0.717) is 5.56 Å². The Morgan fingerprint density at radius 2 is 1.74 bits per heavy atom. The summed E-state index contributed by atoms with van der Waals surface area (Å²) in [5.74, 6) is 0. The van der Waals surface area contributed by atoms with Crippen LogP contribution < -0.4 is 4.90 Å². The highest BCUT2D eigenvalue weighted by Gasteiger charge is 2.05. The molecule has 0 aliphatic rings. The van der Waals surface area contributed by atoms with Crippen LogP contribution in [0.25, 0.3) is 0 Å². The summed E-state index contributed by atoms with van der Waals surface area (Å²) in [6, 6.07) is 16.1. The van der Waals surface area contributed by atoms with Gasteiger partial charge < -0.3 is 4.90 Å². The van der Waals surface area contributed by atoms with Gasteiger partial charge in [-0.15, -0.1) is 0 Å². The zero-order valence-corrected chi connectivity index (χ0v) is 13.6. The number of nitrogens with zero attached hydrogens (tertiary/aromatic N) is 2. The topological polar surface area (TPSA) is 27.0 Å². The Morgan fingerprint density at radius 1 is 1.05 bits per heavy atom. The number of halogens is 2. The van der Waals surface area contributed by atoms with E-state index < -0.39 is 0 Å². The molecular formula is C15H12Br2N2. The van der Waals surface area contributed by atoms with E-state index in [1.807, 2.05) is 37.4 Å². The first-order chi connectivity index (χ1) is 9.08. The van der Waals surface area contributed by atoms with Gasteiger partial charge in [-0.05, 0) is 35.9 Å². The van der Waals surface area contributed by atoms with Gasteiger partial charge in [-0.2, -0.15) is 5.26 Å². The number of hydrogen-bond acceptors (Lipinski definition) is 2. The van der Waals surface area contributed by atoms with Crippen molar-refractivity contribution in [1.29, 1.82) is 5.26 Å². The summed E-state index contributed by atoms with van der Waals surface area (Å²) in [6.45, 7) is 0.800. The molecule has 2 nitrogen and oxygen atoms in total. The van der Waals surface area contributed by atoms with Crippen molar-refractivity contribution in [2.45, 2.75) is 6.54 Å². The minimum atomic E-state index is 0.659. The van der Waals surface area contributed by atoms with Crippen LogP contribution in [0.4, 0.5) is 5.69 Å². The number of benzene rings is 2. The predicted octanol–water partition coefficient (Wildman–Crippen LogP) is 4.72. The van der Waals surface area contributed by atoms with Gasteiger partial charge in [-0.25, -0.2) is 0 Å². The van der Waals surface area contributed by atoms with Gasteiger partial charge in [0.25, 0.3) is 0 Å². The molecule has 0 heterocycles. The van der Waals surface area contributed by atoms with E-state index in [1.165, 1.54) is 5.56 Å². The van der Waals surface area contributed by atoms with Crippen LogP contribution in [0, 0.1) is 11.3 Å². The minimum Gasteiger partial charge on any atom is -0.370 e. The maximum Gasteiger partial charge on any atom is 0.0992 e. The van der Waals surface area contributed by atoms with Crippen molar-refractivity contribution in [2.75, 3.05) is 11.9 Å². The number of rotatable bonds is 3. The van der Waals surface area contributed by atoms with E-state index in [1.54, 1.807) is 0 Å². The Balaban J connectivity index is 2.20. The highest BCUT2D eigenvalue weighted by Crippen LogP contribution is 2.23. The van der Waals surface area contributed by atoms with Crippen molar-refractivity contribution in [3.05, 3.63) is 62.5 Å². The summed E-state index contributed by atoms with van der Waals surface area (Å²) in [6.07, 6.45) is 0. The molecule has 0 amide bonds. The highest BCUT2D eigenvalue weighted by atomic mass is 79.9. The van der Waals surface area contributed by atoms with Crippen molar-refractivity contribution >= 4 is 37.5 Å². The van der Waals surface area contributed by atoms with Crippen LogP contribution in [0.5, 0.6) is 0 Å². The maximum atomic E-state index is 8.99. The Hall–Kier alpha value is -1.31. The first kappa shape index (κ1) is 14.1. The molecule has 0 fully saturated rings. The van der Waals surface area contributed by atoms with Crippen LogP contribution in [0.1, 0.15) is 11.1 Å². The van der Waals surface area contributed by atoms with Crippen LogP contribution in [0.3, 0.4) is 0 Å². The lowest BCUT2D eigenvalue weighted by molar-refractivity contribution is 0.922. The van der Waals surface area contributed by atoms with Crippen LogP contribution in [0.15, 0.2) is 51.4 Å². The van der Waals surface area contributed by atoms with Gasteiger partial charge in [0.15, 0.2) is 0 Å². The summed E-state index contributed by atoms with van der Waals surface area (Å²) >= 11 is 6.86. The van der Waals surface area contributed by atoms with Crippen molar-refractivity contribution < 1.29 is 0 Å². The molecule has 0 bridgehead atoms.